The zero-order valence-corrected chi connectivity index (χ0v) is 30.9. The predicted molar refractivity (Wildman–Crippen MR) is 208 cm³/mol. The fourth-order valence-corrected chi connectivity index (χ4v) is 7.49. The molecule has 0 saturated carbocycles. The molecule has 1 N–H and O–H groups in total. The highest BCUT2D eigenvalue weighted by molar-refractivity contribution is 7.86. The van der Waals surface area contributed by atoms with Gasteiger partial charge in [0, 0.05) is 34.4 Å². The highest BCUT2D eigenvalue weighted by Gasteiger charge is 2.30. The maximum Gasteiger partial charge on any atom is 0.297 e. The molecule has 15 heteroatoms. The maximum atomic E-state index is 14.2. The van der Waals surface area contributed by atoms with Crippen LogP contribution in [0.1, 0.15) is 20.4 Å². The third kappa shape index (κ3) is 9.52. The van der Waals surface area contributed by atoms with Crippen LogP contribution in [0.25, 0.3) is 22.3 Å². The normalized spacial score (nSPS) is 15.6. The molecule has 0 spiro atoms. The summed E-state index contributed by atoms with van der Waals surface area (Å²) >= 11 is 24.9. The van der Waals surface area contributed by atoms with E-state index in [1.165, 1.54) is 36.4 Å². The Balaban J connectivity index is 0.000000248. The summed E-state index contributed by atoms with van der Waals surface area (Å²) in [5.41, 5.74) is 2.49. The summed E-state index contributed by atoms with van der Waals surface area (Å²) in [4.78, 5) is 0.0424. The molecular weight excluding hydrogens is 808 g/mol. The van der Waals surface area contributed by atoms with Crippen LogP contribution in [0.15, 0.2) is 89.8 Å². The van der Waals surface area contributed by atoms with Gasteiger partial charge in [-0.15, -0.1) is 0 Å². The molecule has 0 amide bonds. The van der Waals surface area contributed by atoms with E-state index in [1.54, 1.807) is 48.5 Å². The van der Waals surface area contributed by atoms with Crippen molar-refractivity contribution in [2.75, 3.05) is 26.4 Å². The van der Waals surface area contributed by atoms with Gasteiger partial charge in [-0.3, -0.25) is 4.18 Å². The monoisotopic (exact) mass is 842 g/mol. The summed E-state index contributed by atoms with van der Waals surface area (Å²) in [6, 6.07) is 21.2. The van der Waals surface area contributed by atoms with Crippen molar-refractivity contribution in [2.45, 2.75) is 38.9 Å². The molecule has 0 unspecified atom stereocenters. The Bertz CT molecular complexity index is 2180. The van der Waals surface area contributed by atoms with Crippen molar-refractivity contribution < 1.29 is 45.4 Å². The number of aryl methyl sites for hydroxylation is 1. The van der Waals surface area contributed by atoms with Crippen molar-refractivity contribution in [2.24, 2.45) is 0 Å². The zero-order chi connectivity index (χ0) is 37.2. The molecule has 0 bridgehead atoms. The number of hydrogen-bond acceptors (Lipinski definition) is 8. The first kappa shape index (κ1) is 42.9. The second-order valence-corrected chi connectivity index (χ2v) is 14.8. The summed E-state index contributed by atoms with van der Waals surface area (Å²) in [6.45, 7) is 1.50. The van der Waals surface area contributed by atoms with E-state index in [1.807, 2.05) is 6.92 Å². The highest BCUT2D eigenvalue weighted by Crippen LogP contribution is 2.48. The van der Waals surface area contributed by atoms with E-state index in [9.17, 15) is 22.3 Å². The first-order chi connectivity index (χ1) is 24.8. The molecule has 7 rings (SSSR count). The van der Waals surface area contributed by atoms with Crippen molar-refractivity contribution in [1.29, 1.82) is 0 Å². The number of benzene rings is 5. The van der Waals surface area contributed by atoms with Gasteiger partial charge < -0.3 is 24.1 Å². The fraction of sp³-hybridized carbons (Fsp3) is 0.231. The summed E-state index contributed by atoms with van der Waals surface area (Å²) in [5, 5.41) is 10.6. The summed E-state index contributed by atoms with van der Waals surface area (Å²) in [7, 11) is -3.97. The Morgan fingerprint density at radius 1 is 0.704 bits per heavy atom. The highest BCUT2D eigenvalue weighted by atomic mass is 35.5. The van der Waals surface area contributed by atoms with Crippen molar-refractivity contribution in [3.8, 4) is 45.3 Å². The minimum absolute atomic E-state index is 0. The average molecular weight is 845 g/mol. The van der Waals surface area contributed by atoms with E-state index in [0.29, 0.717) is 48.1 Å². The maximum absolute atomic E-state index is 14.2. The van der Waals surface area contributed by atoms with E-state index in [-0.39, 0.29) is 63.4 Å². The molecule has 2 aliphatic heterocycles. The van der Waals surface area contributed by atoms with Crippen LogP contribution in [0, 0.1) is 18.6 Å². The van der Waals surface area contributed by atoms with Gasteiger partial charge in [-0.2, -0.15) is 8.42 Å². The molecule has 0 fully saturated rings. The Morgan fingerprint density at radius 2 is 1.13 bits per heavy atom. The lowest BCUT2D eigenvalue weighted by Crippen LogP contribution is -2.34. The Morgan fingerprint density at radius 3 is 1.57 bits per heavy atom. The SMILES string of the molecule is C.C.Cc1ccc(S(=O)(=O)OC[C@H]2COc3cc(F)cc(-c4c(Cl)cccc4Cl)c3O2)cc1.OC[C@H]1COc2cc(F)cc(-c3c(Cl)cccc3Cl)c2O1. The van der Waals surface area contributed by atoms with E-state index in [0.717, 1.165) is 5.56 Å². The molecule has 0 radical (unpaired) electrons. The van der Waals surface area contributed by atoms with Crippen LogP contribution in [-0.2, 0) is 14.3 Å². The van der Waals surface area contributed by atoms with Crippen LogP contribution < -0.4 is 18.9 Å². The minimum Gasteiger partial charge on any atom is -0.486 e. The molecule has 2 atom stereocenters. The van der Waals surface area contributed by atoms with Crippen LogP contribution in [0.5, 0.6) is 23.0 Å². The Hall–Kier alpha value is -3.81. The summed E-state index contributed by atoms with van der Waals surface area (Å²) in [6.07, 6.45) is -1.26. The van der Waals surface area contributed by atoms with Crippen LogP contribution in [0.2, 0.25) is 20.1 Å². The molecule has 0 aliphatic carbocycles. The van der Waals surface area contributed by atoms with Crippen molar-refractivity contribution >= 4 is 56.5 Å². The van der Waals surface area contributed by atoms with Gasteiger partial charge >= 0.3 is 0 Å². The number of hydrogen-bond donors (Lipinski definition) is 1. The van der Waals surface area contributed by atoms with Gasteiger partial charge in [0.25, 0.3) is 10.1 Å². The second-order valence-electron chi connectivity index (χ2n) is 11.6. The minimum atomic E-state index is -3.97. The third-order valence-corrected chi connectivity index (χ3v) is 10.4. The van der Waals surface area contributed by atoms with Gasteiger partial charge in [0.05, 0.1) is 31.6 Å². The molecule has 8 nitrogen and oxygen atoms in total. The Kier molecular flexibility index (Phi) is 14.5. The van der Waals surface area contributed by atoms with Gasteiger partial charge in [-0.1, -0.05) is 91.1 Å². The van der Waals surface area contributed by atoms with Crippen molar-refractivity contribution in [1.82, 2.24) is 0 Å². The van der Waals surface area contributed by atoms with E-state index in [4.69, 9.17) is 69.5 Å². The van der Waals surface area contributed by atoms with Gasteiger partial charge in [0.15, 0.2) is 35.2 Å². The number of aliphatic hydroxyl groups is 1. The lowest BCUT2D eigenvalue weighted by atomic mass is 10.0. The number of halogens is 6. The van der Waals surface area contributed by atoms with Crippen LogP contribution >= 0.6 is 46.4 Å². The summed E-state index contributed by atoms with van der Waals surface area (Å²) < 4.78 is 80.7. The molecule has 54 heavy (non-hydrogen) atoms. The lowest BCUT2D eigenvalue weighted by Gasteiger charge is -2.28. The standard InChI is InChI=1S/C22H17Cl2FO5S.C15H11Cl2FO3.2CH4/c1-13-5-7-16(8-6-13)31(26,27)29-12-15-11-28-20-10-14(25)9-17(22(20)30-15)21-18(23)3-2-4-19(21)24;16-11-2-1-3-12(17)14(11)10-4-8(18)5-13-15(10)21-9(6-19)7-20-13;;/h2-10,15H,11-12H2,1H3;1-5,9,19H,6-7H2;2*1H4/t15-;9-;;/m10../s1. The number of fused-ring (bicyclic) bond motifs is 2. The largest absolute Gasteiger partial charge is 0.486 e. The van der Waals surface area contributed by atoms with Gasteiger partial charge in [0.1, 0.15) is 31.5 Å². The predicted octanol–water partition coefficient (Wildman–Crippen LogP) is 10.9. The van der Waals surface area contributed by atoms with Crippen LogP contribution in [0.3, 0.4) is 0 Å². The van der Waals surface area contributed by atoms with Gasteiger partial charge in [-0.05, 0) is 55.5 Å². The molecule has 0 aromatic heterocycles. The second kappa shape index (κ2) is 18.2. The molecule has 288 valence electrons. The number of ether oxygens (including phenoxy) is 4. The van der Waals surface area contributed by atoms with Crippen LogP contribution in [0.4, 0.5) is 8.78 Å². The molecule has 0 saturated heterocycles. The van der Waals surface area contributed by atoms with Gasteiger partial charge in [0.2, 0.25) is 0 Å². The molecule has 5 aromatic rings. The quantitative estimate of drug-likeness (QED) is 0.162. The average Bonchev–Trinajstić information content (AvgIpc) is 3.11. The van der Waals surface area contributed by atoms with E-state index >= 15 is 0 Å². The van der Waals surface area contributed by atoms with Gasteiger partial charge in [-0.25, -0.2) is 8.78 Å². The number of rotatable bonds is 7. The molecule has 2 heterocycles. The zero-order valence-electron chi connectivity index (χ0n) is 27.0. The van der Waals surface area contributed by atoms with E-state index in [2.05, 4.69) is 0 Å². The topological polar surface area (TPSA) is 101 Å². The van der Waals surface area contributed by atoms with Crippen LogP contribution in [-0.4, -0.2) is 52.2 Å². The first-order valence-electron chi connectivity index (χ1n) is 15.6. The number of aliphatic hydroxyl groups excluding tert-OH is 1. The molecule has 2 aliphatic rings. The van der Waals surface area contributed by atoms with Crippen molar-refractivity contribution in [3.05, 3.63) is 122 Å². The third-order valence-electron chi connectivity index (χ3n) is 7.84. The first-order valence-corrected chi connectivity index (χ1v) is 18.5. The fourth-order valence-electron chi connectivity index (χ4n) is 5.35. The van der Waals surface area contributed by atoms with E-state index < -0.39 is 34.0 Å². The lowest BCUT2D eigenvalue weighted by molar-refractivity contribution is 0.0459. The summed E-state index contributed by atoms with van der Waals surface area (Å²) in [5.74, 6) is -0.0502. The molecule has 5 aromatic carbocycles. The van der Waals surface area contributed by atoms with Crippen molar-refractivity contribution in [3.63, 3.8) is 0 Å². The Labute approximate surface area is 333 Å². The smallest absolute Gasteiger partial charge is 0.297 e. The molecular formula is C39H36Cl4F2O8S.